The van der Waals surface area contributed by atoms with Crippen LogP contribution >= 0.6 is 0 Å². The summed E-state index contributed by atoms with van der Waals surface area (Å²) in [6, 6.07) is 5.50. The molecule has 1 aliphatic heterocycles. The number of methoxy groups -OCH3 is 1. The molecule has 3 rings (SSSR count). The van der Waals surface area contributed by atoms with Gasteiger partial charge in [-0.3, -0.25) is 4.98 Å². The average Bonchev–Trinajstić information content (AvgIpc) is 2.53. The van der Waals surface area contributed by atoms with Crippen molar-refractivity contribution in [3.63, 3.8) is 0 Å². The van der Waals surface area contributed by atoms with Crippen LogP contribution in [-0.4, -0.2) is 44.5 Å². The number of pyridine rings is 1. The summed E-state index contributed by atoms with van der Waals surface area (Å²) in [6.07, 6.45) is -2.88. The van der Waals surface area contributed by atoms with Crippen LogP contribution in [0.25, 0.3) is 10.9 Å². The number of anilines is 1. The van der Waals surface area contributed by atoms with Gasteiger partial charge in [-0.05, 0) is 18.2 Å². The molecule has 0 N–H and O–H groups in total. The molecule has 1 aliphatic rings. The zero-order valence-corrected chi connectivity index (χ0v) is 12.6. The number of hydrogen-bond acceptors (Lipinski definition) is 4. The largest absolute Gasteiger partial charge is 0.416 e. The van der Waals surface area contributed by atoms with Crippen molar-refractivity contribution in [2.45, 2.75) is 12.3 Å². The molecule has 1 fully saturated rings. The van der Waals surface area contributed by atoms with Crippen molar-refractivity contribution in [3.05, 3.63) is 36.0 Å². The fourth-order valence-corrected chi connectivity index (χ4v) is 2.81. The predicted octanol–water partition coefficient (Wildman–Crippen LogP) is 3.11. The third kappa shape index (κ3) is 3.40. The molecule has 2 aromatic rings. The number of hydrogen-bond donors (Lipinski definition) is 0. The van der Waals surface area contributed by atoms with Crippen molar-refractivity contribution < 1.29 is 22.6 Å². The van der Waals surface area contributed by atoms with Gasteiger partial charge in [-0.2, -0.15) is 13.2 Å². The molecular weight excluding hydrogens is 309 g/mol. The number of rotatable bonds is 3. The Morgan fingerprint density at radius 1 is 1.35 bits per heavy atom. The Bertz CT molecular complexity index is 689. The summed E-state index contributed by atoms with van der Waals surface area (Å²) in [5, 5.41) is 0.707. The van der Waals surface area contributed by atoms with E-state index in [1.54, 1.807) is 13.3 Å². The number of halogens is 3. The number of alkyl halides is 3. The second-order valence-corrected chi connectivity index (χ2v) is 5.45. The first-order valence-corrected chi connectivity index (χ1v) is 7.30. The maximum Gasteiger partial charge on any atom is 0.416 e. The number of benzene rings is 1. The minimum absolute atomic E-state index is 0.0496. The summed E-state index contributed by atoms with van der Waals surface area (Å²) >= 11 is 0. The minimum atomic E-state index is -4.37. The van der Waals surface area contributed by atoms with Crippen molar-refractivity contribution in [1.82, 2.24) is 4.98 Å². The van der Waals surface area contributed by atoms with Crippen LogP contribution in [0.3, 0.4) is 0 Å². The van der Waals surface area contributed by atoms with Crippen molar-refractivity contribution in [3.8, 4) is 0 Å². The third-order valence-electron chi connectivity index (χ3n) is 3.88. The van der Waals surface area contributed by atoms with Crippen LogP contribution in [-0.2, 0) is 15.7 Å². The fraction of sp³-hybridized carbons (Fsp3) is 0.438. The highest BCUT2D eigenvalue weighted by Gasteiger charge is 2.31. The van der Waals surface area contributed by atoms with Gasteiger partial charge in [0.1, 0.15) is 0 Å². The molecule has 4 nitrogen and oxygen atoms in total. The lowest BCUT2D eigenvalue weighted by Crippen LogP contribution is -2.44. The monoisotopic (exact) mass is 326 g/mol. The van der Waals surface area contributed by atoms with Crippen LogP contribution in [0.1, 0.15) is 5.56 Å². The molecule has 0 bridgehead atoms. The first-order valence-electron chi connectivity index (χ1n) is 7.30. The zero-order chi connectivity index (χ0) is 16.4. The normalized spacial score (nSPS) is 19.3. The summed E-state index contributed by atoms with van der Waals surface area (Å²) < 4.78 is 49.2. The minimum Gasteiger partial charge on any atom is -0.382 e. The van der Waals surface area contributed by atoms with Gasteiger partial charge >= 0.3 is 6.18 Å². The van der Waals surface area contributed by atoms with Crippen LogP contribution in [0.5, 0.6) is 0 Å². The molecule has 124 valence electrons. The quantitative estimate of drug-likeness (QED) is 0.868. The lowest BCUT2D eigenvalue weighted by molar-refractivity contribution is -0.137. The van der Waals surface area contributed by atoms with E-state index in [4.69, 9.17) is 9.47 Å². The lowest BCUT2D eigenvalue weighted by atomic mass is 10.1. The SMILES string of the molecule is COCC1CN(c2ccnc3cc(C(F)(F)F)ccc23)CCO1. The third-order valence-corrected chi connectivity index (χ3v) is 3.88. The van der Waals surface area contributed by atoms with E-state index in [9.17, 15) is 13.2 Å². The Morgan fingerprint density at radius 3 is 2.91 bits per heavy atom. The maximum atomic E-state index is 12.8. The standard InChI is InChI=1S/C16H17F3N2O2/c1-22-10-12-9-21(6-7-23-12)15-4-5-20-14-8-11(16(17,18)19)2-3-13(14)15/h2-5,8,12H,6-7,9-10H2,1H3. The van der Waals surface area contributed by atoms with Gasteiger partial charge in [0.25, 0.3) is 0 Å². The molecule has 0 aliphatic carbocycles. The van der Waals surface area contributed by atoms with Crippen molar-refractivity contribution in [2.75, 3.05) is 38.3 Å². The van der Waals surface area contributed by atoms with Crippen LogP contribution in [0.4, 0.5) is 18.9 Å². The van der Waals surface area contributed by atoms with Gasteiger partial charge in [-0.1, -0.05) is 6.07 Å². The molecule has 1 aromatic heterocycles. The first kappa shape index (κ1) is 16.0. The molecule has 1 atom stereocenters. The van der Waals surface area contributed by atoms with Crippen LogP contribution in [0, 0.1) is 0 Å². The van der Waals surface area contributed by atoms with E-state index < -0.39 is 11.7 Å². The molecule has 2 heterocycles. The van der Waals surface area contributed by atoms with Gasteiger partial charge < -0.3 is 14.4 Å². The topological polar surface area (TPSA) is 34.6 Å². The Kier molecular flexibility index (Phi) is 4.41. The molecule has 0 amide bonds. The highest BCUT2D eigenvalue weighted by Crippen LogP contribution is 2.33. The fourth-order valence-electron chi connectivity index (χ4n) is 2.81. The van der Waals surface area contributed by atoms with Crippen molar-refractivity contribution >= 4 is 16.6 Å². The highest BCUT2D eigenvalue weighted by molar-refractivity contribution is 5.92. The molecule has 0 radical (unpaired) electrons. The van der Waals surface area contributed by atoms with Gasteiger partial charge in [0.05, 0.1) is 30.4 Å². The van der Waals surface area contributed by atoms with Crippen LogP contribution < -0.4 is 4.90 Å². The summed E-state index contributed by atoms with van der Waals surface area (Å²) in [7, 11) is 1.61. The zero-order valence-electron chi connectivity index (χ0n) is 12.6. The number of ether oxygens (including phenoxy) is 2. The van der Waals surface area contributed by atoms with Crippen molar-refractivity contribution in [1.29, 1.82) is 0 Å². The Morgan fingerprint density at radius 2 is 2.17 bits per heavy atom. The Balaban J connectivity index is 1.95. The van der Waals surface area contributed by atoms with Gasteiger partial charge in [0.2, 0.25) is 0 Å². The number of fused-ring (bicyclic) bond motifs is 1. The Hall–Kier alpha value is -1.86. The summed E-state index contributed by atoms with van der Waals surface area (Å²) in [5.74, 6) is 0. The smallest absolute Gasteiger partial charge is 0.382 e. The summed E-state index contributed by atoms with van der Waals surface area (Å²) in [6.45, 7) is 2.35. The second kappa shape index (κ2) is 6.33. The highest BCUT2D eigenvalue weighted by atomic mass is 19.4. The predicted molar refractivity (Wildman–Crippen MR) is 80.6 cm³/mol. The first-order chi connectivity index (χ1) is 11.0. The molecule has 0 spiro atoms. The second-order valence-electron chi connectivity index (χ2n) is 5.45. The van der Waals surface area contributed by atoms with E-state index >= 15 is 0 Å². The lowest BCUT2D eigenvalue weighted by Gasteiger charge is -2.34. The number of morpholine rings is 1. The van der Waals surface area contributed by atoms with E-state index in [2.05, 4.69) is 9.88 Å². The molecule has 0 saturated carbocycles. The average molecular weight is 326 g/mol. The van der Waals surface area contributed by atoms with Gasteiger partial charge in [-0.25, -0.2) is 0 Å². The molecule has 1 saturated heterocycles. The van der Waals surface area contributed by atoms with E-state index in [1.165, 1.54) is 6.07 Å². The summed E-state index contributed by atoms with van der Waals surface area (Å²) in [5.41, 5.74) is 0.522. The van der Waals surface area contributed by atoms with Crippen molar-refractivity contribution in [2.24, 2.45) is 0 Å². The van der Waals surface area contributed by atoms with E-state index in [-0.39, 0.29) is 6.10 Å². The Labute approximate surface area is 131 Å². The van der Waals surface area contributed by atoms with Gasteiger partial charge in [0, 0.05) is 37.5 Å². The summed E-state index contributed by atoms with van der Waals surface area (Å²) in [4.78, 5) is 6.19. The van der Waals surface area contributed by atoms with E-state index in [0.717, 1.165) is 17.8 Å². The number of nitrogens with zero attached hydrogens (tertiary/aromatic N) is 2. The van der Waals surface area contributed by atoms with Gasteiger partial charge in [-0.15, -0.1) is 0 Å². The van der Waals surface area contributed by atoms with E-state index in [0.29, 0.717) is 37.2 Å². The molecular formula is C16H17F3N2O2. The maximum absolute atomic E-state index is 12.8. The van der Waals surface area contributed by atoms with Gasteiger partial charge in [0.15, 0.2) is 0 Å². The molecule has 7 heteroatoms. The van der Waals surface area contributed by atoms with Crippen LogP contribution in [0.2, 0.25) is 0 Å². The molecule has 1 aromatic carbocycles. The molecule has 23 heavy (non-hydrogen) atoms. The number of aromatic nitrogens is 1. The molecule has 1 unspecified atom stereocenters. The van der Waals surface area contributed by atoms with Crippen LogP contribution in [0.15, 0.2) is 30.5 Å². The van der Waals surface area contributed by atoms with E-state index in [1.807, 2.05) is 6.07 Å².